The molecule has 0 amide bonds. The second-order valence-corrected chi connectivity index (χ2v) is 9.45. The van der Waals surface area contributed by atoms with E-state index < -0.39 is 0 Å². The average molecular weight is 506 g/mol. The predicted molar refractivity (Wildman–Crippen MR) is 149 cm³/mol. The fourth-order valence-corrected chi connectivity index (χ4v) is 5.40. The minimum Gasteiger partial charge on any atom is -0.454 e. The molecule has 4 aromatic carbocycles. The summed E-state index contributed by atoms with van der Waals surface area (Å²) in [6.45, 7) is 4.26. The summed E-state index contributed by atoms with van der Waals surface area (Å²) in [6, 6.07) is 28.0. The molecule has 0 radical (unpaired) electrons. The van der Waals surface area contributed by atoms with Gasteiger partial charge in [-0.15, -0.1) is 0 Å². The second-order valence-electron chi connectivity index (χ2n) is 8.54. The number of hydrogen-bond acceptors (Lipinski definition) is 1. The third-order valence-electron chi connectivity index (χ3n) is 6.51. The Labute approximate surface area is 206 Å². The van der Waals surface area contributed by atoms with Gasteiger partial charge in [0.25, 0.3) is 0 Å². The van der Waals surface area contributed by atoms with E-state index in [0.29, 0.717) is 0 Å². The Morgan fingerprint density at radius 1 is 0.853 bits per heavy atom. The van der Waals surface area contributed by atoms with E-state index in [2.05, 4.69) is 119 Å². The van der Waals surface area contributed by atoms with Crippen LogP contribution in [0, 0.1) is 0 Å². The molecule has 2 aromatic heterocycles. The van der Waals surface area contributed by atoms with Gasteiger partial charge in [-0.05, 0) is 60.9 Å². The van der Waals surface area contributed by atoms with Crippen molar-refractivity contribution < 1.29 is 4.42 Å². The number of fused-ring (bicyclic) bond motifs is 6. The summed E-state index contributed by atoms with van der Waals surface area (Å²) < 4.78 is 9.79. The summed E-state index contributed by atoms with van der Waals surface area (Å²) >= 11 is 3.76. The number of halogens is 1. The fraction of sp³-hybridized carbons (Fsp3) is 0.0968. The first-order valence-corrected chi connectivity index (χ1v) is 12.5. The molecule has 166 valence electrons. The number of nitrogens with zero attached hydrogens (tertiary/aromatic N) is 1. The normalized spacial score (nSPS) is 12.7. The zero-order valence-electron chi connectivity index (χ0n) is 19.2. The van der Waals surface area contributed by atoms with Gasteiger partial charge >= 0.3 is 0 Å². The zero-order chi connectivity index (χ0) is 23.2. The maximum absolute atomic E-state index is 6.42. The monoisotopic (exact) mass is 505 g/mol. The number of aromatic nitrogens is 1. The highest BCUT2D eigenvalue weighted by Gasteiger charge is 2.18. The highest BCUT2D eigenvalue weighted by atomic mass is 79.9. The van der Waals surface area contributed by atoms with E-state index in [-0.39, 0.29) is 0 Å². The Morgan fingerprint density at radius 2 is 1.62 bits per heavy atom. The minimum atomic E-state index is 0.899. The van der Waals surface area contributed by atoms with E-state index in [0.717, 1.165) is 38.5 Å². The Morgan fingerprint density at radius 3 is 2.44 bits per heavy atom. The van der Waals surface area contributed by atoms with Crippen molar-refractivity contribution in [2.75, 3.05) is 0 Å². The van der Waals surface area contributed by atoms with Gasteiger partial charge < -0.3 is 8.98 Å². The lowest BCUT2D eigenvalue weighted by molar-refractivity contribution is 0.666. The number of allylic oxidation sites excluding steroid dienone is 4. The van der Waals surface area contributed by atoms with Crippen molar-refractivity contribution in [3.05, 3.63) is 107 Å². The first-order valence-electron chi connectivity index (χ1n) is 11.7. The van der Waals surface area contributed by atoms with Gasteiger partial charge in [-0.25, -0.2) is 0 Å². The number of hydrogen-bond donors (Lipinski definition) is 0. The van der Waals surface area contributed by atoms with E-state index in [4.69, 9.17) is 4.42 Å². The molecule has 0 aliphatic heterocycles. The van der Waals surface area contributed by atoms with Crippen molar-refractivity contribution in [1.82, 2.24) is 4.57 Å². The highest BCUT2D eigenvalue weighted by Crippen LogP contribution is 2.40. The first kappa shape index (κ1) is 21.0. The lowest BCUT2D eigenvalue weighted by Crippen LogP contribution is -1.95. The van der Waals surface area contributed by atoms with Crippen molar-refractivity contribution in [3.8, 4) is 5.69 Å². The smallest absolute Gasteiger partial charge is 0.159 e. The van der Waals surface area contributed by atoms with Crippen LogP contribution < -0.4 is 0 Å². The van der Waals surface area contributed by atoms with Crippen LogP contribution in [0.1, 0.15) is 25.8 Å². The third kappa shape index (κ3) is 3.23. The molecule has 0 N–H and O–H groups in total. The summed E-state index contributed by atoms with van der Waals surface area (Å²) in [5.74, 6) is 0. The molecule has 2 heterocycles. The van der Waals surface area contributed by atoms with Gasteiger partial charge in [-0.2, -0.15) is 0 Å². The summed E-state index contributed by atoms with van der Waals surface area (Å²) in [6.07, 6.45) is 7.63. The first-order chi connectivity index (χ1) is 16.7. The maximum atomic E-state index is 6.42. The van der Waals surface area contributed by atoms with E-state index in [1.54, 1.807) is 0 Å². The third-order valence-corrected chi connectivity index (χ3v) is 6.97. The molecule has 0 spiro atoms. The Bertz CT molecular complexity index is 1760. The molecule has 0 aliphatic rings. The molecule has 0 aliphatic carbocycles. The van der Waals surface area contributed by atoms with Gasteiger partial charge in [0.15, 0.2) is 5.58 Å². The van der Waals surface area contributed by atoms with Crippen LogP contribution in [0.15, 0.2) is 106 Å². The lowest BCUT2D eigenvalue weighted by Gasteiger charge is -2.10. The molecule has 0 fully saturated rings. The molecule has 3 heteroatoms. The van der Waals surface area contributed by atoms with Crippen molar-refractivity contribution in [1.29, 1.82) is 0 Å². The number of rotatable bonds is 4. The summed E-state index contributed by atoms with van der Waals surface area (Å²) in [5, 5.41) is 4.71. The average Bonchev–Trinajstić information content (AvgIpc) is 3.40. The molecule has 0 bridgehead atoms. The SMILES string of the molecule is C/C=C(\C=C/CC)c1ccc2c(c1)c1ccccc1n2-c1cc(Br)cc2c1oc1ccccc12. The number of furan rings is 1. The Hall–Kier alpha value is -3.56. The number of para-hydroxylation sites is 2. The van der Waals surface area contributed by atoms with Gasteiger partial charge in [0.2, 0.25) is 0 Å². The molecule has 0 saturated heterocycles. The minimum absolute atomic E-state index is 0.899. The van der Waals surface area contributed by atoms with Gasteiger partial charge in [0, 0.05) is 26.0 Å². The number of benzene rings is 4. The Kier molecular flexibility index (Phi) is 5.15. The van der Waals surface area contributed by atoms with Crippen LogP contribution in [0.3, 0.4) is 0 Å². The van der Waals surface area contributed by atoms with Crippen LogP contribution in [0.5, 0.6) is 0 Å². The van der Waals surface area contributed by atoms with Gasteiger partial charge in [-0.1, -0.05) is 83.5 Å². The van der Waals surface area contributed by atoms with Crippen molar-refractivity contribution in [2.24, 2.45) is 0 Å². The van der Waals surface area contributed by atoms with E-state index in [1.165, 1.54) is 32.9 Å². The van der Waals surface area contributed by atoms with Crippen molar-refractivity contribution in [2.45, 2.75) is 20.3 Å². The van der Waals surface area contributed by atoms with Crippen LogP contribution in [0.4, 0.5) is 0 Å². The van der Waals surface area contributed by atoms with Gasteiger partial charge in [-0.3, -0.25) is 0 Å². The van der Waals surface area contributed by atoms with E-state index >= 15 is 0 Å². The summed E-state index contributed by atoms with van der Waals surface area (Å²) in [5.41, 5.74) is 7.64. The van der Waals surface area contributed by atoms with Crippen molar-refractivity contribution >= 4 is 65.2 Å². The molecule has 0 atom stereocenters. The topological polar surface area (TPSA) is 18.1 Å². The molecule has 0 saturated carbocycles. The Balaban J connectivity index is 1.70. The molecule has 6 aromatic rings. The maximum Gasteiger partial charge on any atom is 0.159 e. The van der Waals surface area contributed by atoms with Crippen LogP contribution in [-0.4, -0.2) is 4.57 Å². The molecule has 6 rings (SSSR count). The largest absolute Gasteiger partial charge is 0.454 e. The standard InChI is InChI=1S/C31H24BrNO/c1-3-5-10-20(4-2)21-15-16-28-25(17-21)23-11-6-8-13-27(23)33(28)29-19-22(32)18-26-24-12-7-9-14-30(24)34-31(26)29/h4-19H,3H2,1-2H3/b10-5-,20-4+. The van der Waals surface area contributed by atoms with Crippen LogP contribution in [0.25, 0.3) is 55.0 Å². The quantitative estimate of drug-likeness (QED) is 0.218. The van der Waals surface area contributed by atoms with Crippen molar-refractivity contribution in [3.63, 3.8) is 0 Å². The molecule has 34 heavy (non-hydrogen) atoms. The predicted octanol–water partition coefficient (Wildman–Crippen LogP) is 9.82. The van der Waals surface area contributed by atoms with Gasteiger partial charge in [0.1, 0.15) is 5.58 Å². The molecular weight excluding hydrogens is 482 g/mol. The summed E-state index contributed by atoms with van der Waals surface area (Å²) in [4.78, 5) is 0. The molecule has 2 nitrogen and oxygen atoms in total. The summed E-state index contributed by atoms with van der Waals surface area (Å²) in [7, 11) is 0. The van der Waals surface area contributed by atoms with Crippen LogP contribution in [-0.2, 0) is 0 Å². The highest BCUT2D eigenvalue weighted by molar-refractivity contribution is 9.10. The molecular formula is C31H24BrNO. The van der Waals surface area contributed by atoms with Gasteiger partial charge in [0.05, 0.1) is 16.7 Å². The fourth-order valence-electron chi connectivity index (χ4n) is 4.96. The lowest BCUT2D eigenvalue weighted by atomic mass is 10.0. The van der Waals surface area contributed by atoms with E-state index in [9.17, 15) is 0 Å². The van der Waals surface area contributed by atoms with E-state index in [1.807, 2.05) is 12.1 Å². The zero-order valence-corrected chi connectivity index (χ0v) is 20.8. The molecule has 0 unspecified atom stereocenters. The van der Waals surface area contributed by atoms with Crippen LogP contribution >= 0.6 is 15.9 Å². The van der Waals surface area contributed by atoms with Crippen LogP contribution in [0.2, 0.25) is 0 Å². The second kappa shape index (κ2) is 8.34.